The SMILES string of the molecule is CCCc1nc(C(=O)O)c2c(C(=O)O)cccn12. The number of hydrogen-bond acceptors (Lipinski definition) is 3. The molecule has 0 aliphatic heterocycles. The number of nitrogens with zero attached hydrogens (tertiary/aromatic N) is 2. The Hall–Kier alpha value is -2.37. The maximum absolute atomic E-state index is 11.1. The number of aromatic nitrogens is 2. The summed E-state index contributed by atoms with van der Waals surface area (Å²) in [6.45, 7) is 1.95. The first kappa shape index (κ1) is 12.1. The van der Waals surface area contributed by atoms with Gasteiger partial charge in [0.15, 0.2) is 5.69 Å². The van der Waals surface area contributed by atoms with E-state index in [2.05, 4.69) is 4.98 Å². The van der Waals surface area contributed by atoms with Crippen LogP contribution in [-0.4, -0.2) is 31.5 Å². The van der Waals surface area contributed by atoms with Gasteiger partial charge in [-0.1, -0.05) is 6.92 Å². The highest BCUT2D eigenvalue weighted by Gasteiger charge is 2.21. The number of aryl methyl sites for hydroxylation is 1. The third kappa shape index (κ3) is 1.81. The fraction of sp³-hybridized carbons (Fsp3) is 0.250. The van der Waals surface area contributed by atoms with Crippen LogP contribution >= 0.6 is 0 Å². The summed E-state index contributed by atoms with van der Waals surface area (Å²) in [6.07, 6.45) is 3.03. The fourth-order valence-electron chi connectivity index (χ4n) is 1.92. The van der Waals surface area contributed by atoms with E-state index in [1.54, 1.807) is 12.3 Å². The van der Waals surface area contributed by atoms with Crippen molar-refractivity contribution < 1.29 is 19.8 Å². The molecular formula is C12H12N2O4. The highest BCUT2D eigenvalue weighted by Crippen LogP contribution is 2.19. The highest BCUT2D eigenvalue weighted by molar-refractivity contribution is 6.03. The number of rotatable bonds is 4. The largest absolute Gasteiger partial charge is 0.478 e. The predicted octanol–water partition coefficient (Wildman–Crippen LogP) is 1.68. The minimum Gasteiger partial charge on any atom is -0.478 e. The predicted molar refractivity (Wildman–Crippen MR) is 63.1 cm³/mol. The summed E-state index contributed by atoms with van der Waals surface area (Å²) in [5, 5.41) is 18.2. The standard InChI is InChI=1S/C12H12N2O4/c1-2-4-8-13-9(12(17)18)10-7(11(15)16)5-3-6-14(8)10/h3,5-6H,2,4H2,1H3,(H,15,16)(H,17,18). The number of pyridine rings is 1. The zero-order valence-electron chi connectivity index (χ0n) is 9.75. The molecule has 0 saturated carbocycles. The van der Waals surface area contributed by atoms with Crippen LogP contribution in [0.5, 0.6) is 0 Å². The molecule has 2 rings (SSSR count). The average Bonchev–Trinajstić information content (AvgIpc) is 2.69. The van der Waals surface area contributed by atoms with Crippen molar-refractivity contribution in [3.05, 3.63) is 35.4 Å². The Morgan fingerprint density at radius 2 is 2.06 bits per heavy atom. The lowest BCUT2D eigenvalue weighted by molar-refractivity contribution is 0.0691. The topological polar surface area (TPSA) is 91.9 Å². The summed E-state index contributed by atoms with van der Waals surface area (Å²) in [5.41, 5.74) is -0.123. The van der Waals surface area contributed by atoms with Crippen molar-refractivity contribution >= 4 is 17.5 Å². The third-order valence-electron chi connectivity index (χ3n) is 2.64. The van der Waals surface area contributed by atoms with Crippen LogP contribution < -0.4 is 0 Å². The van der Waals surface area contributed by atoms with Crippen molar-refractivity contribution in [1.82, 2.24) is 9.38 Å². The number of hydrogen-bond donors (Lipinski definition) is 2. The van der Waals surface area contributed by atoms with Crippen LogP contribution in [0.3, 0.4) is 0 Å². The van der Waals surface area contributed by atoms with Gasteiger partial charge >= 0.3 is 11.9 Å². The van der Waals surface area contributed by atoms with Crippen molar-refractivity contribution in [1.29, 1.82) is 0 Å². The molecule has 0 unspecified atom stereocenters. The van der Waals surface area contributed by atoms with E-state index < -0.39 is 11.9 Å². The zero-order valence-corrected chi connectivity index (χ0v) is 9.75. The molecule has 2 heterocycles. The molecule has 0 amide bonds. The molecule has 6 nitrogen and oxygen atoms in total. The minimum atomic E-state index is -1.22. The molecule has 0 radical (unpaired) electrons. The summed E-state index contributed by atoms with van der Waals surface area (Å²) in [6, 6.07) is 2.95. The van der Waals surface area contributed by atoms with Gasteiger partial charge in [0.2, 0.25) is 0 Å². The summed E-state index contributed by atoms with van der Waals surface area (Å²) < 4.78 is 1.54. The van der Waals surface area contributed by atoms with Crippen LogP contribution in [0.25, 0.3) is 5.52 Å². The molecule has 6 heteroatoms. The van der Waals surface area contributed by atoms with Crippen LogP contribution in [0.15, 0.2) is 18.3 Å². The molecule has 0 saturated heterocycles. The molecule has 0 bridgehead atoms. The van der Waals surface area contributed by atoms with Gasteiger partial charge in [0.1, 0.15) is 5.82 Å². The van der Waals surface area contributed by atoms with Crippen molar-refractivity contribution in [3.63, 3.8) is 0 Å². The lowest BCUT2D eigenvalue weighted by Gasteiger charge is -2.02. The summed E-state index contributed by atoms with van der Waals surface area (Å²) in [7, 11) is 0. The van der Waals surface area contributed by atoms with Crippen LogP contribution in [0.4, 0.5) is 0 Å². The maximum atomic E-state index is 11.1. The van der Waals surface area contributed by atoms with Crippen molar-refractivity contribution in [2.45, 2.75) is 19.8 Å². The summed E-state index contributed by atoms with van der Waals surface area (Å²) in [4.78, 5) is 26.3. The van der Waals surface area contributed by atoms with Gasteiger partial charge in [0.25, 0.3) is 0 Å². The molecule has 0 aliphatic carbocycles. The number of imidazole rings is 1. The van der Waals surface area contributed by atoms with Crippen LogP contribution in [0, 0.1) is 0 Å². The van der Waals surface area contributed by atoms with E-state index in [9.17, 15) is 9.59 Å². The van der Waals surface area contributed by atoms with Crippen LogP contribution in [0.1, 0.15) is 40.0 Å². The Labute approximate surface area is 103 Å². The molecule has 18 heavy (non-hydrogen) atoms. The Balaban J connectivity index is 2.82. The molecule has 2 N–H and O–H groups in total. The third-order valence-corrected chi connectivity index (χ3v) is 2.64. The lowest BCUT2D eigenvalue weighted by Crippen LogP contribution is -2.04. The van der Waals surface area contributed by atoms with Gasteiger partial charge in [-0.3, -0.25) is 0 Å². The number of carboxylic acid groups (broad SMARTS) is 2. The molecule has 2 aromatic rings. The second kappa shape index (κ2) is 4.48. The Kier molecular flexibility index (Phi) is 3.01. The van der Waals surface area contributed by atoms with Crippen LogP contribution in [0.2, 0.25) is 0 Å². The van der Waals surface area contributed by atoms with E-state index in [1.807, 2.05) is 6.92 Å². The Morgan fingerprint density at radius 3 is 2.61 bits per heavy atom. The quantitative estimate of drug-likeness (QED) is 0.858. The van der Waals surface area contributed by atoms with E-state index >= 15 is 0 Å². The molecule has 0 aromatic carbocycles. The van der Waals surface area contributed by atoms with Gasteiger partial charge in [-0.05, 0) is 18.6 Å². The maximum Gasteiger partial charge on any atom is 0.356 e. The van der Waals surface area contributed by atoms with Crippen molar-refractivity contribution in [3.8, 4) is 0 Å². The Bertz CT molecular complexity index is 630. The van der Waals surface area contributed by atoms with Crippen LogP contribution in [-0.2, 0) is 6.42 Å². The second-order valence-electron chi connectivity index (χ2n) is 3.88. The first-order valence-electron chi connectivity index (χ1n) is 5.52. The number of carboxylic acids is 2. The number of fused-ring (bicyclic) bond motifs is 1. The first-order chi connectivity index (χ1) is 8.56. The highest BCUT2D eigenvalue weighted by atomic mass is 16.4. The van der Waals surface area contributed by atoms with Crippen molar-refractivity contribution in [2.75, 3.05) is 0 Å². The molecule has 0 spiro atoms. The second-order valence-corrected chi connectivity index (χ2v) is 3.88. The van der Waals surface area contributed by atoms with E-state index in [4.69, 9.17) is 10.2 Å². The molecular weight excluding hydrogens is 236 g/mol. The smallest absolute Gasteiger partial charge is 0.356 e. The monoisotopic (exact) mass is 248 g/mol. The minimum absolute atomic E-state index is 0.0512. The first-order valence-corrected chi connectivity index (χ1v) is 5.52. The summed E-state index contributed by atoms with van der Waals surface area (Å²) in [5.74, 6) is -1.82. The van der Waals surface area contributed by atoms with Gasteiger partial charge < -0.3 is 14.6 Å². The fourth-order valence-corrected chi connectivity index (χ4v) is 1.92. The van der Waals surface area contributed by atoms with Gasteiger partial charge in [0.05, 0.1) is 11.1 Å². The van der Waals surface area contributed by atoms with Crippen molar-refractivity contribution in [2.24, 2.45) is 0 Å². The molecule has 94 valence electrons. The van der Waals surface area contributed by atoms with Gasteiger partial charge in [-0.2, -0.15) is 0 Å². The number of aromatic carboxylic acids is 2. The van der Waals surface area contributed by atoms with E-state index in [0.717, 1.165) is 6.42 Å². The average molecular weight is 248 g/mol. The van der Waals surface area contributed by atoms with E-state index in [0.29, 0.717) is 12.2 Å². The zero-order chi connectivity index (χ0) is 13.3. The normalized spacial score (nSPS) is 10.7. The van der Waals surface area contributed by atoms with E-state index in [1.165, 1.54) is 10.5 Å². The Morgan fingerprint density at radius 1 is 1.33 bits per heavy atom. The molecule has 0 fully saturated rings. The van der Waals surface area contributed by atoms with E-state index in [-0.39, 0.29) is 16.8 Å². The number of carbonyl (C=O) groups is 2. The van der Waals surface area contributed by atoms with Gasteiger partial charge in [-0.15, -0.1) is 0 Å². The molecule has 2 aromatic heterocycles. The molecule has 0 atom stereocenters. The molecule has 0 aliphatic rings. The lowest BCUT2D eigenvalue weighted by atomic mass is 10.2. The van der Waals surface area contributed by atoms with Gasteiger partial charge in [0, 0.05) is 12.6 Å². The summed E-state index contributed by atoms with van der Waals surface area (Å²) >= 11 is 0. The van der Waals surface area contributed by atoms with Gasteiger partial charge in [-0.25, -0.2) is 14.6 Å².